The van der Waals surface area contributed by atoms with Crippen LogP contribution < -0.4 is 5.32 Å². The van der Waals surface area contributed by atoms with Gasteiger partial charge in [-0.2, -0.15) is 0 Å². The predicted molar refractivity (Wildman–Crippen MR) is 102 cm³/mol. The number of nitrogens with one attached hydrogen (secondary N) is 2. The van der Waals surface area contributed by atoms with Crippen LogP contribution in [0.15, 0.2) is 53.0 Å². The summed E-state index contributed by atoms with van der Waals surface area (Å²) in [5.74, 6) is 0. The van der Waals surface area contributed by atoms with Gasteiger partial charge in [-0.25, -0.2) is 0 Å². The summed E-state index contributed by atoms with van der Waals surface area (Å²) >= 11 is 3.58. The van der Waals surface area contributed by atoms with Crippen LogP contribution in [0.3, 0.4) is 0 Å². The van der Waals surface area contributed by atoms with Gasteiger partial charge in [-0.05, 0) is 49.1 Å². The van der Waals surface area contributed by atoms with Gasteiger partial charge >= 0.3 is 0 Å². The monoisotopic (exact) mass is 390 g/mol. The first-order valence-corrected chi connectivity index (χ1v) is 8.62. The molecule has 0 aliphatic heterocycles. The van der Waals surface area contributed by atoms with Crippen molar-refractivity contribution in [1.82, 2.24) is 10.3 Å². The Bertz CT molecular complexity index is 813. The molecule has 0 amide bonds. The van der Waals surface area contributed by atoms with Crippen molar-refractivity contribution in [1.29, 1.82) is 0 Å². The Morgan fingerprint density at radius 3 is 2.74 bits per heavy atom. The van der Waals surface area contributed by atoms with E-state index < -0.39 is 0 Å². The average Bonchev–Trinajstić information content (AvgIpc) is 3.08. The number of benzene rings is 2. The third-order valence-electron chi connectivity index (χ3n) is 4.68. The highest BCUT2D eigenvalue weighted by atomic mass is 79.9. The van der Waals surface area contributed by atoms with Crippen LogP contribution >= 0.6 is 28.3 Å². The molecule has 0 spiro atoms. The zero-order valence-electron chi connectivity index (χ0n) is 13.0. The van der Waals surface area contributed by atoms with Crippen LogP contribution in [-0.4, -0.2) is 4.98 Å². The summed E-state index contributed by atoms with van der Waals surface area (Å²) in [5.41, 5.74) is 5.44. The van der Waals surface area contributed by atoms with E-state index in [0.29, 0.717) is 12.1 Å². The minimum atomic E-state index is 0. The molecule has 1 heterocycles. The van der Waals surface area contributed by atoms with E-state index in [9.17, 15) is 0 Å². The summed E-state index contributed by atoms with van der Waals surface area (Å²) in [5, 5.41) is 5.15. The molecular weight excluding hydrogens is 372 g/mol. The Balaban J connectivity index is 0.00000156. The summed E-state index contributed by atoms with van der Waals surface area (Å²) in [7, 11) is 0. The van der Waals surface area contributed by atoms with Gasteiger partial charge in [0.15, 0.2) is 0 Å². The summed E-state index contributed by atoms with van der Waals surface area (Å²) in [4.78, 5) is 3.63. The molecule has 0 unspecified atom stereocenters. The first-order valence-electron chi connectivity index (χ1n) is 7.83. The zero-order valence-corrected chi connectivity index (χ0v) is 15.4. The van der Waals surface area contributed by atoms with Crippen LogP contribution in [0.5, 0.6) is 0 Å². The fourth-order valence-electron chi connectivity index (χ4n) is 3.55. The maximum Gasteiger partial charge on any atom is 0.0483 e. The second-order valence-corrected chi connectivity index (χ2v) is 7.01. The molecule has 1 aromatic heterocycles. The van der Waals surface area contributed by atoms with Crippen LogP contribution in [0.2, 0.25) is 0 Å². The highest BCUT2D eigenvalue weighted by Crippen LogP contribution is 2.38. The number of aryl methyl sites for hydroxylation is 1. The minimum absolute atomic E-state index is 0. The molecule has 4 rings (SSSR count). The molecule has 3 aromatic rings. The molecule has 120 valence electrons. The van der Waals surface area contributed by atoms with Crippen LogP contribution in [0.25, 0.3) is 10.9 Å². The van der Waals surface area contributed by atoms with Crippen molar-refractivity contribution in [3.05, 3.63) is 69.8 Å². The van der Waals surface area contributed by atoms with Crippen LogP contribution in [-0.2, 0) is 6.42 Å². The fourth-order valence-corrected chi connectivity index (χ4v) is 3.91. The van der Waals surface area contributed by atoms with E-state index in [1.165, 1.54) is 34.1 Å². The smallest absolute Gasteiger partial charge is 0.0483 e. The van der Waals surface area contributed by atoms with Gasteiger partial charge in [0.2, 0.25) is 0 Å². The number of fused-ring (bicyclic) bond motifs is 3. The molecule has 0 saturated heterocycles. The Kier molecular flexibility index (Phi) is 4.81. The summed E-state index contributed by atoms with van der Waals surface area (Å²) < 4.78 is 1.15. The fraction of sp³-hybridized carbons (Fsp3) is 0.263. The van der Waals surface area contributed by atoms with Crippen molar-refractivity contribution in [3.8, 4) is 0 Å². The molecule has 0 fully saturated rings. The molecule has 0 saturated carbocycles. The lowest BCUT2D eigenvalue weighted by atomic mass is 10.1. The van der Waals surface area contributed by atoms with Gasteiger partial charge in [-0.3, -0.25) is 0 Å². The van der Waals surface area contributed by atoms with E-state index >= 15 is 0 Å². The third kappa shape index (κ3) is 3.06. The van der Waals surface area contributed by atoms with Gasteiger partial charge in [0.25, 0.3) is 0 Å². The van der Waals surface area contributed by atoms with Crippen molar-refractivity contribution < 1.29 is 0 Å². The Morgan fingerprint density at radius 2 is 1.96 bits per heavy atom. The Hall–Kier alpha value is -1.29. The number of aromatic nitrogens is 1. The number of hydrogen-bond acceptors (Lipinski definition) is 1. The third-order valence-corrected chi connectivity index (χ3v) is 5.18. The van der Waals surface area contributed by atoms with Gasteiger partial charge < -0.3 is 10.3 Å². The summed E-state index contributed by atoms with van der Waals surface area (Å²) in [6.45, 7) is 2.24. The molecule has 0 radical (unpaired) electrons. The minimum Gasteiger partial charge on any atom is -0.357 e. The van der Waals surface area contributed by atoms with E-state index in [2.05, 4.69) is 81.7 Å². The van der Waals surface area contributed by atoms with Gasteiger partial charge in [0, 0.05) is 33.2 Å². The first kappa shape index (κ1) is 16.6. The number of hydrogen-bond donors (Lipinski definition) is 2. The maximum absolute atomic E-state index is 3.78. The molecular formula is C19H20BrClN2. The van der Waals surface area contributed by atoms with Crippen molar-refractivity contribution in [2.75, 3.05) is 0 Å². The summed E-state index contributed by atoms with van der Waals surface area (Å²) in [6, 6.07) is 17.9. The lowest BCUT2D eigenvalue weighted by molar-refractivity contribution is 0.459. The molecule has 2 nitrogen and oxygen atoms in total. The number of halogens is 2. The van der Waals surface area contributed by atoms with Gasteiger partial charge in [0.05, 0.1) is 0 Å². The molecule has 0 bridgehead atoms. The van der Waals surface area contributed by atoms with Gasteiger partial charge in [-0.15, -0.1) is 12.4 Å². The largest absolute Gasteiger partial charge is 0.357 e. The van der Waals surface area contributed by atoms with E-state index in [1.807, 2.05) is 0 Å². The summed E-state index contributed by atoms with van der Waals surface area (Å²) in [6.07, 6.45) is 2.31. The normalized spacial score (nSPS) is 17.7. The topological polar surface area (TPSA) is 27.8 Å². The molecule has 2 aromatic carbocycles. The molecule has 2 atom stereocenters. The van der Waals surface area contributed by atoms with Crippen LogP contribution in [0.4, 0.5) is 0 Å². The maximum atomic E-state index is 3.78. The quantitative estimate of drug-likeness (QED) is 0.589. The molecule has 2 N–H and O–H groups in total. The van der Waals surface area contributed by atoms with Crippen LogP contribution in [0.1, 0.15) is 42.2 Å². The predicted octanol–water partition coefficient (Wildman–Crippen LogP) is 5.69. The van der Waals surface area contributed by atoms with Gasteiger partial charge in [-0.1, -0.05) is 46.3 Å². The van der Waals surface area contributed by atoms with Crippen molar-refractivity contribution in [2.45, 2.75) is 31.8 Å². The standard InChI is InChI=1S/C19H19BrN2.ClH/c1-12(13-5-3-2-4-6-13)21-18-10-8-15-16-11-14(20)7-9-17(16)22-19(15)18;/h2-7,9,11-12,18,21-22H,8,10H2,1H3;1H/t12-,18-;/m1./s1. The SMILES string of the molecule is C[C@@H](N[C@@H]1CCc2c1[nH]c1ccc(Br)cc21)c1ccccc1.Cl. The second-order valence-electron chi connectivity index (χ2n) is 6.10. The lowest BCUT2D eigenvalue weighted by Crippen LogP contribution is -2.23. The van der Waals surface area contributed by atoms with Crippen molar-refractivity contribution in [2.24, 2.45) is 0 Å². The molecule has 1 aliphatic rings. The van der Waals surface area contributed by atoms with Gasteiger partial charge in [0.1, 0.15) is 0 Å². The van der Waals surface area contributed by atoms with E-state index in [0.717, 1.165) is 10.9 Å². The van der Waals surface area contributed by atoms with E-state index in [-0.39, 0.29) is 12.4 Å². The van der Waals surface area contributed by atoms with E-state index in [1.54, 1.807) is 0 Å². The zero-order chi connectivity index (χ0) is 15.1. The van der Waals surface area contributed by atoms with E-state index in [4.69, 9.17) is 0 Å². The average molecular weight is 392 g/mol. The Labute approximate surface area is 151 Å². The lowest BCUT2D eigenvalue weighted by Gasteiger charge is -2.20. The molecule has 4 heteroatoms. The highest BCUT2D eigenvalue weighted by Gasteiger charge is 2.27. The Morgan fingerprint density at radius 1 is 1.17 bits per heavy atom. The number of H-pyrrole nitrogens is 1. The number of aromatic amines is 1. The first-order chi connectivity index (χ1) is 10.7. The highest BCUT2D eigenvalue weighted by molar-refractivity contribution is 9.10. The van der Waals surface area contributed by atoms with Crippen LogP contribution in [0, 0.1) is 0 Å². The number of rotatable bonds is 3. The van der Waals surface area contributed by atoms with Crippen molar-refractivity contribution in [3.63, 3.8) is 0 Å². The van der Waals surface area contributed by atoms with Crippen molar-refractivity contribution >= 4 is 39.2 Å². The molecule has 1 aliphatic carbocycles. The second kappa shape index (κ2) is 6.68. The molecule has 23 heavy (non-hydrogen) atoms.